The molecule has 9 heteroatoms. The molecule has 0 fully saturated rings. The zero-order valence-corrected chi connectivity index (χ0v) is 10.1. The minimum Gasteiger partial charge on any atom is -0.397 e. The van der Waals surface area contributed by atoms with Gasteiger partial charge < -0.3 is 5.73 Å². The summed E-state index contributed by atoms with van der Waals surface area (Å²) in [4.78, 5) is 12.0. The van der Waals surface area contributed by atoms with E-state index >= 15 is 0 Å². The molecule has 0 atom stereocenters. The molecule has 18 heavy (non-hydrogen) atoms. The first kappa shape index (κ1) is 10.8. The molecule has 0 bridgehead atoms. The maximum absolute atomic E-state index is 11.3. The van der Waals surface area contributed by atoms with Crippen molar-refractivity contribution in [2.45, 2.75) is 10.1 Å². The number of hydrogen-bond acceptors (Lipinski definition) is 7. The second kappa shape index (κ2) is 3.88. The van der Waals surface area contributed by atoms with E-state index in [4.69, 9.17) is 5.73 Å². The van der Waals surface area contributed by atoms with Crippen molar-refractivity contribution in [3.63, 3.8) is 0 Å². The van der Waals surface area contributed by atoms with Gasteiger partial charge in [0.2, 0.25) is 0 Å². The van der Waals surface area contributed by atoms with Crippen molar-refractivity contribution in [1.29, 1.82) is 0 Å². The van der Waals surface area contributed by atoms with Crippen LogP contribution in [-0.2, 0) is 7.05 Å². The fourth-order valence-electron chi connectivity index (χ4n) is 1.47. The number of benzene rings is 1. The number of nitrogens with zero attached hydrogens (tertiary/aromatic N) is 4. The lowest BCUT2D eigenvalue weighted by Crippen LogP contribution is -2.12. The molecule has 0 unspecified atom stereocenters. The summed E-state index contributed by atoms with van der Waals surface area (Å²) in [6, 6.07) is 3.49. The Bertz CT molecular complexity index is 773. The summed E-state index contributed by atoms with van der Waals surface area (Å²) in [5.74, 6) is 0. The van der Waals surface area contributed by atoms with Gasteiger partial charge in [-0.3, -0.25) is 4.57 Å². The van der Waals surface area contributed by atoms with E-state index in [0.717, 1.165) is 4.90 Å². The SMILES string of the molecule is Cn1c(Sc2ccc(N)c3nonc23)n[nH]c1=O. The zero-order chi connectivity index (χ0) is 12.7. The number of nitrogen functional groups attached to an aromatic ring is 1. The molecule has 1 aromatic carbocycles. The van der Waals surface area contributed by atoms with E-state index in [1.807, 2.05) is 0 Å². The maximum atomic E-state index is 11.3. The van der Waals surface area contributed by atoms with Gasteiger partial charge in [-0.15, -0.1) is 5.10 Å². The van der Waals surface area contributed by atoms with E-state index in [1.165, 1.54) is 16.3 Å². The summed E-state index contributed by atoms with van der Waals surface area (Å²) in [6.45, 7) is 0. The van der Waals surface area contributed by atoms with Crippen molar-refractivity contribution < 1.29 is 4.63 Å². The topological polar surface area (TPSA) is 116 Å². The highest BCUT2D eigenvalue weighted by Crippen LogP contribution is 2.32. The number of H-pyrrole nitrogens is 1. The Kier molecular flexibility index (Phi) is 2.33. The monoisotopic (exact) mass is 264 g/mol. The first-order valence-corrected chi connectivity index (χ1v) is 5.78. The smallest absolute Gasteiger partial charge is 0.343 e. The van der Waals surface area contributed by atoms with Gasteiger partial charge in [-0.25, -0.2) is 14.5 Å². The standard InChI is InChI=1S/C9H8N6O2S/c1-15-8(16)11-12-9(15)18-5-3-2-4(10)6-7(5)14-17-13-6/h2-3H,10H2,1H3,(H,11,16). The molecule has 0 aliphatic heterocycles. The number of fused-ring (bicyclic) bond motifs is 1. The van der Waals surface area contributed by atoms with E-state index in [0.29, 0.717) is 21.9 Å². The van der Waals surface area contributed by atoms with Crippen molar-refractivity contribution in [3.05, 3.63) is 22.6 Å². The number of nitrogens with two attached hydrogens (primary N) is 1. The van der Waals surface area contributed by atoms with E-state index in [1.54, 1.807) is 19.2 Å². The Morgan fingerprint density at radius 1 is 1.39 bits per heavy atom. The van der Waals surface area contributed by atoms with Crippen LogP contribution in [0.4, 0.5) is 5.69 Å². The lowest BCUT2D eigenvalue weighted by molar-refractivity contribution is 0.315. The highest BCUT2D eigenvalue weighted by Gasteiger charge is 2.14. The first-order valence-electron chi connectivity index (χ1n) is 4.97. The summed E-state index contributed by atoms with van der Waals surface area (Å²) >= 11 is 1.28. The van der Waals surface area contributed by atoms with Crippen LogP contribution in [0.5, 0.6) is 0 Å². The molecule has 2 heterocycles. The van der Waals surface area contributed by atoms with Gasteiger partial charge in [0.15, 0.2) is 16.2 Å². The lowest BCUT2D eigenvalue weighted by Gasteiger charge is -2.01. The molecule has 3 N–H and O–H groups in total. The predicted octanol–water partition coefficient (Wildman–Crippen LogP) is 0.378. The number of nitrogens with one attached hydrogen (secondary N) is 1. The number of aromatic amines is 1. The van der Waals surface area contributed by atoms with Gasteiger partial charge in [-0.1, -0.05) is 0 Å². The fraction of sp³-hybridized carbons (Fsp3) is 0.111. The maximum Gasteiger partial charge on any atom is 0.343 e. The lowest BCUT2D eigenvalue weighted by atomic mass is 10.3. The molecular weight excluding hydrogens is 256 g/mol. The molecule has 3 rings (SSSR count). The van der Waals surface area contributed by atoms with Crippen molar-refractivity contribution >= 4 is 28.5 Å². The van der Waals surface area contributed by atoms with Crippen molar-refractivity contribution in [2.75, 3.05) is 5.73 Å². The number of hydrogen-bond donors (Lipinski definition) is 2. The van der Waals surface area contributed by atoms with Gasteiger partial charge in [-0.05, 0) is 34.2 Å². The summed E-state index contributed by atoms with van der Waals surface area (Å²) in [7, 11) is 1.63. The molecule has 0 aliphatic carbocycles. The molecule has 8 nitrogen and oxygen atoms in total. The van der Waals surface area contributed by atoms with E-state index in [-0.39, 0.29) is 5.69 Å². The van der Waals surface area contributed by atoms with Crippen LogP contribution < -0.4 is 11.4 Å². The quantitative estimate of drug-likeness (QED) is 0.642. The molecule has 0 saturated heterocycles. The molecule has 0 spiro atoms. The molecule has 2 aromatic heterocycles. The van der Waals surface area contributed by atoms with Gasteiger partial charge in [-0.2, -0.15) is 0 Å². The van der Waals surface area contributed by atoms with Gasteiger partial charge in [0, 0.05) is 11.9 Å². The van der Waals surface area contributed by atoms with Crippen molar-refractivity contribution in [3.8, 4) is 0 Å². The van der Waals surface area contributed by atoms with Gasteiger partial charge in [0.1, 0.15) is 0 Å². The average Bonchev–Trinajstić information content (AvgIpc) is 2.95. The second-order valence-corrected chi connectivity index (χ2v) is 4.60. The van der Waals surface area contributed by atoms with Crippen LogP contribution in [0.15, 0.2) is 31.6 Å². The van der Waals surface area contributed by atoms with Crippen LogP contribution in [0.25, 0.3) is 11.0 Å². The predicted molar refractivity (Wildman–Crippen MR) is 64.2 cm³/mol. The fourth-order valence-corrected chi connectivity index (χ4v) is 2.34. The average molecular weight is 264 g/mol. The van der Waals surface area contributed by atoms with Gasteiger partial charge in [0.05, 0.1) is 5.69 Å². The third kappa shape index (κ3) is 1.56. The first-order chi connectivity index (χ1) is 8.66. The highest BCUT2D eigenvalue weighted by molar-refractivity contribution is 7.99. The van der Waals surface area contributed by atoms with Crippen LogP contribution in [-0.4, -0.2) is 25.1 Å². The summed E-state index contributed by atoms with van der Waals surface area (Å²) in [5, 5.41) is 14.3. The Morgan fingerprint density at radius 2 is 2.17 bits per heavy atom. The molecule has 92 valence electrons. The summed E-state index contributed by atoms with van der Waals surface area (Å²) in [6.07, 6.45) is 0. The minimum absolute atomic E-state index is 0.275. The van der Waals surface area contributed by atoms with Gasteiger partial charge in [0.25, 0.3) is 0 Å². The van der Waals surface area contributed by atoms with Crippen LogP contribution in [0.2, 0.25) is 0 Å². The molecule has 0 amide bonds. The number of anilines is 1. The van der Waals surface area contributed by atoms with Crippen molar-refractivity contribution in [2.24, 2.45) is 7.05 Å². The van der Waals surface area contributed by atoms with Crippen LogP contribution in [0, 0.1) is 0 Å². The Hall–Kier alpha value is -2.29. The molecular formula is C9H8N6O2S. The Balaban J connectivity index is 2.10. The Labute approximate surface area is 104 Å². The second-order valence-electron chi connectivity index (χ2n) is 3.59. The third-order valence-electron chi connectivity index (χ3n) is 2.45. The third-order valence-corrected chi connectivity index (χ3v) is 3.55. The van der Waals surface area contributed by atoms with E-state index < -0.39 is 0 Å². The highest BCUT2D eigenvalue weighted by atomic mass is 32.2. The molecule has 0 aliphatic rings. The molecule has 0 saturated carbocycles. The van der Waals surface area contributed by atoms with Crippen LogP contribution in [0.3, 0.4) is 0 Å². The zero-order valence-electron chi connectivity index (χ0n) is 9.25. The van der Waals surface area contributed by atoms with Gasteiger partial charge >= 0.3 is 5.69 Å². The number of aromatic nitrogens is 5. The minimum atomic E-state index is -0.275. The van der Waals surface area contributed by atoms with Crippen LogP contribution >= 0.6 is 11.8 Å². The van der Waals surface area contributed by atoms with Crippen LogP contribution in [0.1, 0.15) is 0 Å². The van der Waals surface area contributed by atoms with E-state index in [9.17, 15) is 4.79 Å². The largest absolute Gasteiger partial charge is 0.397 e. The molecule has 3 aromatic rings. The van der Waals surface area contributed by atoms with Crippen molar-refractivity contribution in [1.82, 2.24) is 25.1 Å². The summed E-state index contributed by atoms with van der Waals surface area (Å²) < 4.78 is 6.07. The summed E-state index contributed by atoms with van der Waals surface area (Å²) in [5.41, 5.74) is 7.02. The van der Waals surface area contributed by atoms with E-state index in [2.05, 4.69) is 25.1 Å². The normalized spacial score (nSPS) is 11.2. The number of rotatable bonds is 2. The molecule has 0 radical (unpaired) electrons. The Morgan fingerprint density at radius 3 is 2.89 bits per heavy atom.